The zero-order valence-electron chi connectivity index (χ0n) is 9.97. The molecule has 2 aromatic rings. The Kier molecular flexibility index (Phi) is 3.78. The molecule has 0 saturated carbocycles. The van der Waals surface area contributed by atoms with E-state index in [1.54, 1.807) is 11.7 Å². The molecule has 0 atom stereocenters. The second-order valence-electron chi connectivity index (χ2n) is 3.95. The van der Waals surface area contributed by atoms with Gasteiger partial charge in [0.1, 0.15) is 5.82 Å². The molecule has 0 radical (unpaired) electrons. The first-order chi connectivity index (χ1) is 8.49. The van der Waals surface area contributed by atoms with Gasteiger partial charge < -0.3 is 5.32 Å². The first-order valence-electron chi connectivity index (χ1n) is 5.36. The third kappa shape index (κ3) is 2.60. The van der Waals surface area contributed by atoms with Crippen LogP contribution in [0.25, 0.3) is 0 Å². The second kappa shape index (κ2) is 5.16. The molecule has 3 nitrogen and oxygen atoms in total. The fourth-order valence-electron chi connectivity index (χ4n) is 1.68. The lowest BCUT2D eigenvalue weighted by Gasteiger charge is -2.08. The van der Waals surface area contributed by atoms with Crippen LogP contribution in [0.1, 0.15) is 11.4 Å². The average molecular weight is 288 g/mol. The Labute approximate surface area is 115 Å². The molecule has 1 aromatic carbocycles. The van der Waals surface area contributed by atoms with Gasteiger partial charge in [-0.15, -0.1) is 0 Å². The van der Waals surface area contributed by atoms with E-state index in [-0.39, 0.29) is 5.82 Å². The molecule has 0 unspecified atom stereocenters. The Hall–Kier alpha value is -1.26. The number of halogens is 3. The van der Waals surface area contributed by atoms with Gasteiger partial charge in [0, 0.05) is 12.1 Å². The van der Waals surface area contributed by atoms with Crippen LogP contribution >= 0.6 is 23.2 Å². The maximum atomic E-state index is 13.5. The van der Waals surface area contributed by atoms with E-state index >= 15 is 0 Å². The van der Waals surface area contributed by atoms with Crippen molar-refractivity contribution in [2.75, 3.05) is 5.32 Å². The Balaban J connectivity index is 2.19. The minimum absolute atomic E-state index is 0.345. The predicted octanol–water partition coefficient (Wildman–Crippen LogP) is 3.79. The van der Waals surface area contributed by atoms with Gasteiger partial charge in [-0.25, -0.2) is 4.39 Å². The van der Waals surface area contributed by atoms with Gasteiger partial charge >= 0.3 is 0 Å². The number of aromatic nitrogens is 2. The fraction of sp³-hybridized carbons (Fsp3) is 0.250. The number of anilines is 1. The van der Waals surface area contributed by atoms with Crippen molar-refractivity contribution in [3.63, 3.8) is 0 Å². The molecule has 0 aliphatic rings. The molecule has 1 N–H and O–H groups in total. The molecular formula is C12H12Cl2FN3. The van der Waals surface area contributed by atoms with E-state index in [4.69, 9.17) is 23.2 Å². The van der Waals surface area contributed by atoms with Gasteiger partial charge in [-0.05, 0) is 25.1 Å². The van der Waals surface area contributed by atoms with Crippen molar-refractivity contribution in [3.8, 4) is 0 Å². The predicted molar refractivity (Wildman–Crippen MR) is 71.7 cm³/mol. The summed E-state index contributed by atoms with van der Waals surface area (Å²) < 4.78 is 15.2. The summed E-state index contributed by atoms with van der Waals surface area (Å²) in [5.74, 6) is -0.352. The number of nitrogens with zero attached hydrogens (tertiary/aromatic N) is 2. The van der Waals surface area contributed by atoms with Crippen molar-refractivity contribution >= 4 is 28.9 Å². The molecule has 0 bridgehead atoms. The van der Waals surface area contributed by atoms with Crippen molar-refractivity contribution in [3.05, 3.63) is 45.4 Å². The topological polar surface area (TPSA) is 29.9 Å². The molecule has 18 heavy (non-hydrogen) atoms. The van der Waals surface area contributed by atoms with Gasteiger partial charge in [0.15, 0.2) is 0 Å². The van der Waals surface area contributed by atoms with Crippen LogP contribution in [-0.4, -0.2) is 9.78 Å². The first-order valence-corrected chi connectivity index (χ1v) is 6.11. The van der Waals surface area contributed by atoms with Crippen molar-refractivity contribution < 1.29 is 4.39 Å². The van der Waals surface area contributed by atoms with E-state index in [2.05, 4.69) is 10.4 Å². The maximum Gasteiger partial charge on any atom is 0.146 e. The third-order valence-electron chi connectivity index (χ3n) is 2.64. The third-order valence-corrected chi connectivity index (χ3v) is 3.36. The van der Waals surface area contributed by atoms with E-state index in [1.807, 2.05) is 6.92 Å². The summed E-state index contributed by atoms with van der Waals surface area (Å²) in [6.07, 6.45) is 0. The molecule has 0 spiro atoms. The van der Waals surface area contributed by atoms with E-state index in [0.29, 0.717) is 22.3 Å². The summed E-state index contributed by atoms with van der Waals surface area (Å²) in [7, 11) is 1.80. The minimum Gasteiger partial charge on any atom is -0.377 e. The van der Waals surface area contributed by atoms with Crippen LogP contribution in [0, 0.1) is 12.7 Å². The van der Waals surface area contributed by atoms with Crippen molar-refractivity contribution in [2.45, 2.75) is 13.5 Å². The molecule has 0 fully saturated rings. The summed E-state index contributed by atoms with van der Waals surface area (Å²) in [5.41, 5.74) is 1.90. The Morgan fingerprint density at radius 3 is 2.72 bits per heavy atom. The maximum absolute atomic E-state index is 13.5. The number of rotatable bonds is 3. The second-order valence-corrected chi connectivity index (χ2v) is 4.76. The van der Waals surface area contributed by atoms with Gasteiger partial charge in [-0.3, -0.25) is 4.68 Å². The van der Waals surface area contributed by atoms with Crippen LogP contribution in [0.5, 0.6) is 0 Å². The molecule has 0 saturated heterocycles. The van der Waals surface area contributed by atoms with Gasteiger partial charge in [0.05, 0.1) is 28.6 Å². The summed E-state index contributed by atoms with van der Waals surface area (Å²) >= 11 is 11.9. The standard InChI is InChI=1S/C12H12Cl2FN3/c1-7-12(14)11(18(2)17-7)6-16-10-5-8(13)3-4-9(10)15/h3-5,16H,6H2,1-2H3. The van der Waals surface area contributed by atoms with Gasteiger partial charge in [-0.2, -0.15) is 5.10 Å². The van der Waals surface area contributed by atoms with Crippen LogP contribution in [0.4, 0.5) is 10.1 Å². The lowest BCUT2D eigenvalue weighted by atomic mass is 10.3. The number of nitrogens with one attached hydrogen (secondary N) is 1. The van der Waals surface area contributed by atoms with Crippen molar-refractivity contribution in [1.29, 1.82) is 0 Å². The molecule has 0 aliphatic carbocycles. The van der Waals surface area contributed by atoms with Crippen LogP contribution in [0.3, 0.4) is 0 Å². The average Bonchev–Trinajstić information content (AvgIpc) is 2.55. The molecule has 96 valence electrons. The Morgan fingerprint density at radius 2 is 2.11 bits per heavy atom. The quantitative estimate of drug-likeness (QED) is 0.931. The van der Waals surface area contributed by atoms with Gasteiger partial charge in [0.2, 0.25) is 0 Å². The van der Waals surface area contributed by atoms with Crippen molar-refractivity contribution in [2.24, 2.45) is 7.05 Å². The fourth-order valence-corrected chi connectivity index (χ4v) is 2.08. The highest BCUT2D eigenvalue weighted by atomic mass is 35.5. The van der Waals surface area contributed by atoms with Crippen LogP contribution in [0.2, 0.25) is 10.0 Å². The lowest BCUT2D eigenvalue weighted by molar-refractivity contribution is 0.629. The van der Waals surface area contributed by atoms with Gasteiger partial charge in [-0.1, -0.05) is 23.2 Å². The van der Waals surface area contributed by atoms with Crippen LogP contribution in [-0.2, 0) is 13.6 Å². The molecule has 1 aromatic heterocycles. The number of aryl methyl sites for hydroxylation is 2. The summed E-state index contributed by atoms with van der Waals surface area (Å²) in [6, 6.07) is 4.36. The highest BCUT2D eigenvalue weighted by Gasteiger charge is 2.11. The normalized spacial score (nSPS) is 10.7. The minimum atomic E-state index is -0.352. The first kappa shape index (κ1) is 13.2. The van der Waals surface area contributed by atoms with E-state index < -0.39 is 0 Å². The highest BCUT2D eigenvalue weighted by Crippen LogP contribution is 2.23. The number of hydrogen-bond donors (Lipinski definition) is 1. The molecule has 0 aliphatic heterocycles. The zero-order valence-corrected chi connectivity index (χ0v) is 11.5. The van der Waals surface area contributed by atoms with E-state index in [0.717, 1.165) is 11.4 Å². The summed E-state index contributed by atoms with van der Waals surface area (Å²) in [4.78, 5) is 0. The number of benzene rings is 1. The summed E-state index contributed by atoms with van der Waals surface area (Å²) in [6.45, 7) is 2.21. The van der Waals surface area contributed by atoms with Crippen molar-refractivity contribution in [1.82, 2.24) is 9.78 Å². The number of hydrogen-bond acceptors (Lipinski definition) is 2. The Morgan fingerprint density at radius 1 is 1.39 bits per heavy atom. The highest BCUT2D eigenvalue weighted by molar-refractivity contribution is 6.32. The SMILES string of the molecule is Cc1nn(C)c(CNc2cc(Cl)ccc2F)c1Cl. The molecule has 1 heterocycles. The largest absolute Gasteiger partial charge is 0.377 e. The Bertz CT molecular complexity index is 581. The summed E-state index contributed by atoms with van der Waals surface area (Å²) in [5, 5.41) is 8.22. The van der Waals surface area contributed by atoms with E-state index in [9.17, 15) is 4.39 Å². The van der Waals surface area contributed by atoms with E-state index in [1.165, 1.54) is 18.2 Å². The van der Waals surface area contributed by atoms with Gasteiger partial charge in [0.25, 0.3) is 0 Å². The smallest absolute Gasteiger partial charge is 0.146 e. The molecule has 6 heteroatoms. The monoisotopic (exact) mass is 287 g/mol. The van der Waals surface area contributed by atoms with Crippen LogP contribution in [0.15, 0.2) is 18.2 Å². The van der Waals surface area contributed by atoms with Crippen LogP contribution < -0.4 is 5.32 Å². The molecule has 0 amide bonds. The lowest BCUT2D eigenvalue weighted by Crippen LogP contribution is -2.07. The molecule has 2 rings (SSSR count). The zero-order chi connectivity index (χ0) is 13.3. The molecular weight excluding hydrogens is 276 g/mol.